The molecule has 0 amide bonds. The smallest absolute Gasteiger partial charge is 0.113 e. The highest BCUT2D eigenvalue weighted by Crippen LogP contribution is 2.47. The number of nitrogens with two attached hydrogens (primary N) is 1. The number of benzene rings is 1. The van der Waals surface area contributed by atoms with E-state index in [4.69, 9.17) is 27.1 Å². The molecule has 156 valence electrons. The summed E-state index contributed by atoms with van der Waals surface area (Å²) < 4.78 is 5.73. The molecule has 5 nitrogen and oxygen atoms in total. The maximum Gasteiger partial charge on any atom is 0.113 e. The molecule has 0 spiro atoms. The van der Waals surface area contributed by atoms with E-state index >= 15 is 0 Å². The molecule has 0 saturated carbocycles. The van der Waals surface area contributed by atoms with Gasteiger partial charge in [-0.1, -0.05) is 18.5 Å². The Morgan fingerprint density at radius 3 is 3.00 bits per heavy atom. The van der Waals surface area contributed by atoms with E-state index < -0.39 is 5.60 Å². The second-order valence-electron chi connectivity index (χ2n) is 9.13. The molecule has 2 aromatic rings. The van der Waals surface area contributed by atoms with E-state index in [2.05, 4.69) is 17.9 Å². The lowest BCUT2D eigenvalue weighted by Crippen LogP contribution is -2.43. The van der Waals surface area contributed by atoms with Crippen LogP contribution < -0.4 is 5.73 Å². The molecule has 2 atom stereocenters. The van der Waals surface area contributed by atoms with E-state index in [9.17, 15) is 5.11 Å². The highest BCUT2D eigenvalue weighted by molar-refractivity contribution is 6.32. The third-order valence-corrected chi connectivity index (χ3v) is 7.89. The largest absolute Gasteiger partial charge is 0.383 e. The van der Waals surface area contributed by atoms with Crippen LogP contribution in [0.3, 0.4) is 0 Å². The molecule has 1 aromatic carbocycles. The van der Waals surface area contributed by atoms with Crippen LogP contribution in [-0.2, 0) is 17.7 Å². The summed E-state index contributed by atoms with van der Waals surface area (Å²) in [6.07, 6.45) is 4.65. The van der Waals surface area contributed by atoms with Crippen LogP contribution in [0, 0.1) is 6.92 Å². The molecular weight excluding hydrogens is 398 g/mol. The van der Waals surface area contributed by atoms with Crippen LogP contribution in [-0.4, -0.2) is 40.3 Å². The van der Waals surface area contributed by atoms with Crippen LogP contribution in [0.2, 0.25) is 5.02 Å². The molecule has 1 aromatic heterocycles. The maximum absolute atomic E-state index is 11.2. The summed E-state index contributed by atoms with van der Waals surface area (Å²) in [7, 11) is 0. The van der Waals surface area contributed by atoms with Crippen molar-refractivity contribution < 1.29 is 9.84 Å². The summed E-state index contributed by atoms with van der Waals surface area (Å²) in [6.45, 7) is 6.59. The molecule has 6 heteroatoms. The van der Waals surface area contributed by atoms with Crippen LogP contribution in [0.4, 0.5) is 0 Å². The molecule has 30 heavy (non-hydrogen) atoms. The van der Waals surface area contributed by atoms with Gasteiger partial charge in [0, 0.05) is 35.1 Å². The molecule has 3 aliphatic heterocycles. The van der Waals surface area contributed by atoms with Crippen LogP contribution in [0.25, 0.3) is 16.6 Å². The monoisotopic (exact) mass is 423 g/mol. The Bertz CT molecular complexity index is 1190. The molecule has 0 saturated heterocycles. The summed E-state index contributed by atoms with van der Waals surface area (Å²) in [5, 5.41) is 13.1. The van der Waals surface area contributed by atoms with Gasteiger partial charge in [0.25, 0.3) is 0 Å². The second kappa shape index (κ2) is 6.30. The van der Waals surface area contributed by atoms with Crippen LogP contribution >= 0.6 is 11.6 Å². The summed E-state index contributed by atoms with van der Waals surface area (Å²) in [5.74, 6) is 0. The molecule has 0 radical (unpaired) electrons. The number of hydrogen-bond donors (Lipinski definition) is 2. The number of hydrogen-bond acceptors (Lipinski definition) is 5. The van der Waals surface area contributed by atoms with Crippen molar-refractivity contribution in [3.63, 3.8) is 0 Å². The number of halogens is 1. The number of aliphatic hydroxyl groups is 1. The first-order valence-electron chi connectivity index (χ1n) is 10.8. The van der Waals surface area contributed by atoms with E-state index in [-0.39, 0.29) is 6.04 Å². The zero-order valence-corrected chi connectivity index (χ0v) is 18.1. The summed E-state index contributed by atoms with van der Waals surface area (Å²) >= 11 is 6.57. The Morgan fingerprint density at radius 2 is 2.20 bits per heavy atom. The van der Waals surface area contributed by atoms with Gasteiger partial charge in [-0.15, -0.1) is 0 Å². The average Bonchev–Trinajstić information content (AvgIpc) is 3.09. The Hall–Kier alpha value is -1.92. The highest BCUT2D eigenvalue weighted by Gasteiger charge is 2.41. The highest BCUT2D eigenvalue weighted by atomic mass is 35.5. The van der Waals surface area contributed by atoms with Gasteiger partial charge in [-0.2, -0.15) is 0 Å². The van der Waals surface area contributed by atoms with Gasteiger partial charge in [-0.25, -0.2) is 4.98 Å². The summed E-state index contributed by atoms with van der Waals surface area (Å²) in [4.78, 5) is 7.46. The Morgan fingerprint density at radius 1 is 1.37 bits per heavy atom. The van der Waals surface area contributed by atoms with E-state index in [1.807, 2.05) is 13.0 Å². The summed E-state index contributed by atoms with van der Waals surface area (Å²) in [6, 6.07) is 2.00. The Kier molecular flexibility index (Phi) is 3.95. The zero-order chi connectivity index (χ0) is 20.8. The molecule has 0 fully saturated rings. The van der Waals surface area contributed by atoms with Gasteiger partial charge in [0.2, 0.25) is 0 Å². The molecular formula is C24H26ClN3O2. The fraction of sp³-hybridized carbons (Fsp3) is 0.458. The zero-order valence-electron chi connectivity index (χ0n) is 17.4. The topological polar surface area (TPSA) is 71.6 Å². The molecule has 4 heterocycles. The van der Waals surface area contributed by atoms with Crippen molar-refractivity contribution in [1.29, 1.82) is 0 Å². The van der Waals surface area contributed by atoms with Gasteiger partial charge in [-0.05, 0) is 66.2 Å². The van der Waals surface area contributed by atoms with Crippen molar-refractivity contribution >= 4 is 28.2 Å². The number of aryl methyl sites for hydroxylation is 1. The van der Waals surface area contributed by atoms with Gasteiger partial charge in [0.15, 0.2) is 0 Å². The Labute approximate surface area is 181 Å². The minimum atomic E-state index is -0.926. The van der Waals surface area contributed by atoms with Gasteiger partial charge in [0.1, 0.15) is 5.60 Å². The van der Waals surface area contributed by atoms with E-state index in [1.54, 1.807) is 0 Å². The minimum absolute atomic E-state index is 0.0118. The maximum atomic E-state index is 11.2. The third kappa shape index (κ3) is 2.38. The van der Waals surface area contributed by atoms with Crippen LogP contribution in [0.5, 0.6) is 0 Å². The van der Waals surface area contributed by atoms with Crippen molar-refractivity contribution in [3.8, 4) is 0 Å². The van der Waals surface area contributed by atoms with Crippen molar-refractivity contribution in [2.45, 2.75) is 51.3 Å². The lowest BCUT2D eigenvalue weighted by Gasteiger charge is -2.39. The minimum Gasteiger partial charge on any atom is -0.383 e. The van der Waals surface area contributed by atoms with Crippen molar-refractivity contribution in [2.24, 2.45) is 5.73 Å². The van der Waals surface area contributed by atoms with Crippen molar-refractivity contribution in [2.75, 3.05) is 19.8 Å². The standard InChI is InChI=1S/C24H26ClN3O2/c1-3-24(29)11-30-10-13-8-28-9-15-21-18(26)5-4-14-12(2)17(25)7-19(22(14)21)27-23(15)20(28)6-16(13)24/h6-7,18,29H,3-5,8-11,26H2,1-2H3/t18-,24+/m0/s1. The Balaban J connectivity index is 1.61. The van der Waals surface area contributed by atoms with E-state index in [1.165, 1.54) is 27.6 Å². The lowest BCUT2D eigenvalue weighted by molar-refractivity contribution is -0.0311. The first kappa shape index (κ1) is 18.8. The fourth-order valence-corrected chi connectivity index (χ4v) is 5.98. The number of nitrogens with zero attached hydrogens (tertiary/aromatic N) is 2. The normalized spacial score (nSPS) is 27.2. The van der Waals surface area contributed by atoms with E-state index in [0.717, 1.165) is 59.0 Å². The first-order valence-corrected chi connectivity index (χ1v) is 11.2. The number of aromatic nitrogens is 1. The molecule has 0 bridgehead atoms. The first-order chi connectivity index (χ1) is 14.4. The summed E-state index contributed by atoms with van der Waals surface area (Å²) in [5.41, 5.74) is 15.9. The van der Waals surface area contributed by atoms with Gasteiger partial charge in [0.05, 0.1) is 30.1 Å². The SMILES string of the molecule is CC[C@@]1(O)COCC2=C1C=C1c3nc4cc(Cl)c(C)c5c4c(c3CN1C2)[C@@H](N)CC5. The molecule has 1 aliphatic carbocycles. The predicted octanol–water partition coefficient (Wildman–Crippen LogP) is 3.78. The van der Waals surface area contributed by atoms with Crippen LogP contribution in [0.1, 0.15) is 53.8 Å². The fourth-order valence-electron chi connectivity index (χ4n) is 5.76. The van der Waals surface area contributed by atoms with Crippen molar-refractivity contribution in [3.05, 3.63) is 56.3 Å². The lowest BCUT2D eigenvalue weighted by atomic mass is 9.82. The van der Waals surface area contributed by atoms with Gasteiger partial charge in [-0.3, -0.25) is 0 Å². The number of fused-ring (bicyclic) bond motifs is 4. The molecule has 0 unspecified atom stereocenters. The molecule has 6 rings (SSSR count). The third-order valence-electron chi connectivity index (χ3n) is 7.50. The number of ether oxygens (including phenoxy) is 1. The number of rotatable bonds is 1. The van der Waals surface area contributed by atoms with Crippen molar-refractivity contribution in [1.82, 2.24) is 9.88 Å². The average molecular weight is 424 g/mol. The molecule has 4 aliphatic rings. The molecule has 3 N–H and O–H groups in total. The number of pyridine rings is 1. The van der Waals surface area contributed by atoms with Crippen LogP contribution in [0.15, 0.2) is 23.3 Å². The predicted molar refractivity (Wildman–Crippen MR) is 118 cm³/mol. The van der Waals surface area contributed by atoms with Gasteiger partial charge < -0.3 is 20.5 Å². The van der Waals surface area contributed by atoms with Gasteiger partial charge >= 0.3 is 0 Å². The quantitative estimate of drug-likeness (QED) is 0.730. The second-order valence-corrected chi connectivity index (χ2v) is 9.54. The van der Waals surface area contributed by atoms with E-state index in [0.29, 0.717) is 19.6 Å².